The first-order chi connectivity index (χ1) is 5.87. The lowest BCUT2D eigenvalue weighted by Gasteiger charge is -2.21. The van der Waals surface area contributed by atoms with Crippen LogP contribution in [0.5, 0.6) is 0 Å². The molecule has 0 aromatic rings. The zero-order chi connectivity index (χ0) is 10.5. The molecule has 0 radical (unpaired) electrons. The minimum atomic E-state index is -0.584. The molecule has 0 saturated heterocycles. The number of hydrogen-bond donors (Lipinski definition) is 1. The molecule has 0 saturated carbocycles. The molecule has 0 rings (SSSR count). The van der Waals surface area contributed by atoms with E-state index in [1.165, 1.54) is 0 Å². The molecule has 86 valence electrons. The second-order valence-electron chi connectivity index (χ2n) is 3.92. The molecule has 0 aromatic carbocycles. The van der Waals surface area contributed by atoms with E-state index in [0.717, 1.165) is 0 Å². The van der Waals surface area contributed by atoms with E-state index in [0.29, 0.717) is 13.0 Å². The average Bonchev–Trinajstić information content (AvgIpc) is 1.96. The van der Waals surface area contributed by atoms with Crippen molar-refractivity contribution in [3.63, 3.8) is 0 Å². The topological polar surface area (TPSA) is 61.5 Å². The van der Waals surface area contributed by atoms with Gasteiger partial charge in [-0.15, -0.1) is 12.4 Å². The maximum atomic E-state index is 11.3. The monoisotopic (exact) mass is 225 g/mol. The van der Waals surface area contributed by atoms with Crippen LogP contribution in [-0.4, -0.2) is 31.3 Å². The highest BCUT2D eigenvalue weighted by atomic mass is 35.5. The van der Waals surface area contributed by atoms with Crippen molar-refractivity contribution in [1.82, 2.24) is 0 Å². The van der Waals surface area contributed by atoms with Gasteiger partial charge in [-0.3, -0.25) is 4.79 Å². The van der Waals surface area contributed by atoms with Crippen molar-refractivity contribution in [2.45, 2.75) is 38.8 Å². The number of rotatable bonds is 4. The number of methoxy groups -OCH3 is 1. The Balaban J connectivity index is 0. The Hall–Kier alpha value is -0.320. The predicted octanol–water partition coefficient (Wildman–Crippen LogP) is 1.11. The number of ether oxygens (including phenoxy) is 2. The molecule has 14 heavy (non-hydrogen) atoms. The van der Waals surface area contributed by atoms with Crippen LogP contribution in [0.4, 0.5) is 0 Å². The van der Waals surface area contributed by atoms with Gasteiger partial charge < -0.3 is 15.2 Å². The Morgan fingerprint density at radius 1 is 1.43 bits per heavy atom. The molecule has 0 aliphatic carbocycles. The van der Waals surface area contributed by atoms with E-state index in [-0.39, 0.29) is 18.4 Å². The van der Waals surface area contributed by atoms with Crippen molar-refractivity contribution in [2.75, 3.05) is 13.7 Å². The highest BCUT2D eigenvalue weighted by molar-refractivity contribution is 5.85. The van der Waals surface area contributed by atoms with Crippen molar-refractivity contribution in [3.8, 4) is 0 Å². The molecule has 0 bridgehead atoms. The molecule has 0 heterocycles. The summed E-state index contributed by atoms with van der Waals surface area (Å²) in [7, 11) is 1.57. The third-order valence-corrected chi connectivity index (χ3v) is 1.34. The molecule has 0 aliphatic rings. The fourth-order valence-electron chi connectivity index (χ4n) is 0.740. The van der Waals surface area contributed by atoms with Crippen LogP contribution in [0, 0.1) is 0 Å². The lowest BCUT2D eigenvalue weighted by molar-refractivity contribution is -0.156. The number of nitrogens with two attached hydrogens (primary N) is 1. The molecule has 0 spiro atoms. The summed E-state index contributed by atoms with van der Waals surface area (Å²) in [6.45, 7) is 5.91. The van der Waals surface area contributed by atoms with E-state index >= 15 is 0 Å². The maximum absolute atomic E-state index is 11.3. The van der Waals surface area contributed by atoms with E-state index in [1.807, 2.05) is 20.8 Å². The second-order valence-corrected chi connectivity index (χ2v) is 3.92. The summed E-state index contributed by atoms with van der Waals surface area (Å²) in [6, 6.07) is -0.584. The third kappa shape index (κ3) is 8.29. The molecule has 0 fully saturated rings. The van der Waals surface area contributed by atoms with Crippen LogP contribution in [0.25, 0.3) is 0 Å². The van der Waals surface area contributed by atoms with Crippen LogP contribution in [0.15, 0.2) is 0 Å². The van der Waals surface area contributed by atoms with E-state index in [4.69, 9.17) is 15.2 Å². The summed E-state index contributed by atoms with van der Waals surface area (Å²) in [5, 5.41) is 0. The minimum absolute atomic E-state index is 0. The SMILES string of the molecule is COCCC(N)C(=O)OC(C)(C)C.Cl. The normalized spacial score (nSPS) is 12.9. The van der Waals surface area contributed by atoms with Gasteiger partial charge in [0.2, 0.25) is 0 Å². The number of carbonyl (C=O) groups is 1. The van der Waals surface area contributed by atoms with Gasteiger partial charge in [0, 0.05) is 13.7 Å². The smallest absolute Gasteiger partial charge is 0.323 e. The third-order valence-electron chi connectivity index (χ3n) is 1.34. The fraction of sp³-hybridized carbons (Fsp3) is 0.889. The van der Waals surface area contributed by atoms with Crippen molar-refractivity contribution < 1.29 is 14.3 Å². The molecule has 0 aliphatic heterocycles. The van der Waals surface area contributed by atoms with Gasteiger partial charge in [-0.2, -0.15) is 0 Å². The lowest BCUT2D eigenvalue weighted by atomic mass is 10.2. The summed E-state index contributed by atoms with van der Waals surface area (Å²) in [5.41, 5.74) is 5.09. The maximum Gasteiger partial charge on any atom is 0.323 e. The standard InChI is InChI=1S/C9H19NO3.ClH/c1-9(2,3)13-8(11)7(10)5-6-12-4;/h7H,5-6,10H2,1-4H3;1H. The molecule has 4 nitrogen and oxygen atoms in total. The molecule has 0 amide bonds. The number of carbonyl (C=O) groups excluding carboxylic acids is 1. The van der Waals surface area contributed by atoms with Gasteiger partial charge >= 0.3 is 5.97 Å². The molecule has 5 heteroatoms. The second kappa shape index (κ2) is 7.04. The Labute approximate surface area is 91.5 Å². The van der Waals surface area contributed by atoms with E-state index in [1.54, 1.807) is 7.11 Å². The van der Waals surface area contributed by atoms with Crippen molar-refractivity contribution in [2.24, 2.45) is 5.73 Å². The van der Waals surface area contributed by atoms with Crippen molar-refractivity contribution in [1.29, 1.82) is 0 Å². The summed E-state index contributed by atoms with van der Waals surface area (Å²) < 4.78 is 9.88. The Morgan fingerprint density at radius 3 is 2.29 bits per heavy atom. The molecular weight excluding hydrogens is 206 g/mol. The van der Waals surface area contributed by atoms with E-state index in [2.05, 4.69) is 0 Å². The largest absolute Gasteiger partial charge is 0.459 e. The van der Waals surface area contributed by atoms with Crippen LogP contribution in [-0.2, 0) is 14.3 Å². The van der Waals surface area contributed by atoms with Crippen LogP contribution in [0.1, 0.15) is 27.2 Å². The van der Waals surface area contributed by atoms with E-state index in [9.17, 15) is 4.79 Å². The Morgan fingerprint density at radius 2 is 1.93 bits per heavy atom. The molecule has 2 N–H and O–H groups in total. The van der Waals surface area contributed by atoms with E-state index < -0.39 is 11.6 Å². The van der Waals surface area contributed by atoms with Crippen molar-refractivity contribution >= 4 is 18.4 Å². The zero-order valence-electron chi connectivity index (χ0n) is 9.20. The fourth-order valence-corrected chi connectivity index (χ4v) is 0.740. The van der Waals surface area contributed by atoms with Gasteiger partial charge in [-0.25, -0.2) is 0 Å². The summed E-state index contributed by atoms with van der Waals surface area (Å²) in [5.74, 6) is -0.371. The minimum Gasteiger partial charge on any atom is -0.459 e. The van der Waals surface area contributed by atoms with Gasteiger partial charge in [-0.05, 0) is 27.2 Å². The number of halogens is 1. The van der Waals surface area contributed by atoms with Gasteiger partial charge in [0.1, 0.15) is 11.6 Å². The first-order valence-electron chi connectivity index (χ1n) is 4.34. The summed E-state index contributed by atoms with van der Waals surface area (Å²) >= 11 is 0. The first kappa shape index (κ1) is 16.1. The van der Waals surface area contributed by atoms with Gasteiger partial charge in [0.25, 0.3) is 0 Å². The summed E-state index contributed by atoms with van der Waals surface area (Å²) in [4.78, 5) is 11.3. The predicted molar refractivity (Wildman–Crippen MR) is 57.6 cm³/mol. The van der Waals surface area contributed by atoms with Crippen LogP contribution in [0.3, 0.4) is 0 Å². The Bertz CT molecular complexity index is 168. The first-order valence-corrected chi connectivity index (χ1v) is 4.34. The lowest BCUT2D eigenvalue weighted by Crippen LogP contribution is -2.38. The molecule has 1 unspecified atom stereocenters. The van der Waals surface area contributed by atoms with Gasteiger partial charge in [-0.1, -0.05) is 0 Å². The van der Waals surface area contributed by atoms with Crippen LogP contribution in [0.2, 0.25) is 0 Å². The number of hydrogen-bond acceptors (Lipinski definition) is 4. The quantitative estimate of drug-likeness (QED) is 0.729. The average molecular weight is 226 g/mol. The molecular formula is C9H20ClNO3. The van der Waals surface area contributed by atoms with Gasteiger partial charge in [0.05, 0.1) is 0 Å². The molecule has 1 atom stereocenters. The zero-order valence-corrected chi connectivity index (χ0v) is 10.0. The van der Waals surface area contributed by atoms with Crippen LogP contribution < -0.4 is 5.73 Å². The van der Waals surface area contributed by atoms with Crippen LogP contribution >= 0.6 is 12.4 Å². The highest BCUT2D eigenvalue weighted by Gasteiger charge is 2.21. The number of esters is 1. The van der Waals surface area contributed by atoms with Gasteiger partial charge in [0.15, 0.2) is 0 Å². The van der Waals surface area contributed by atoms with Crippen molar-refractivity contribution in [3.05, 3.63) is 0 Å². The highest BCUT2D eigenvalue weighted by Crippen LogP contribution is 2.08. The summed E-state index contributed by atoms with van der Waals surface area (Å²) in [6.07, 6.45) is 0.491. The molecule has 0 aromatic heterocycles. The Kier molecular flexibility index (Phi) is 8.10.